The number of imide groups is 1. The average Bonchev–Trinajstić information content (AvgIpc) is 3.26. The maximum Gasteiger partial charge on any atom is 0.331 e. The van der Waals surface area contributed by atoms with E-state index in [1.165, 1.54) is 23.5 Å². The summed E-state index contributed by atoms with van der Waals surface area (Å²) >= 11 is 7.49. The monoisotopic (exact) mass is 409 g/mol. The predicted molar refractivity (Wildman–Crippen MR) is 104 cm³/mol. The molecule has 0 aromatic carbocycles. The lowest BCUT2D eigenvalue weighted by Crippen LogP contribution is -2.33. The van der Waals surface area contributed by atoms with Crippen molar-refractivity contribution in [2.24, 2.45) is 0 Å². The Kier molecular flexibility index (Phi) is 7.75. The van der Waals surface area contributed by atoms with Crippen molar-refractivity contribution < 1.29 is 19.1 Å². The number of hydrogen-bond acceptors (Lipinski definition) is 6. The van der Waals surface area contributed by atoms with E-state index in [0.717, 1.165) is 12.8 Å². The lowest BCUT2D eigenvalue weighted by Gasteiger charge is -2.03. The van der Waals surface area contributed by atoms with Gasteiger partial charge in [0.1, 0.15) is 5.15 Å². The largest absolute Gasteiger partial charge is 0.452 e. The van der Waals surface area contributed by atoms with Crippen molar-refractivity contribution in [3.05, 3.63) is 44.9 Å². The smallest absolute Gasteiger partial charge is 0.331 e. The number of hydrogen-bond donors (Lipinski definition) is 1. The number of aryl methyl sites for hydroxylation is 2. The van der Waals surface area contributed by atoms with Gasteiger partial charge >= 0.3 is 5.97 Å². The van der Waals surface area contributed by atoms with E-state index in [2.05, 4.69) is 17.3 Å². The number of amides is 2. The summed E-state index contributed by atoms with van der Waals surface area (Å²) in [6.07, 6.45) is 4.65. The van der Waals surface area contributed by atoms with Gasteiger partial charge < -0.3 is 4.74 Å². The fourth-order valence-corrected chi connectivity index (χ4v) is 3.12. The number of nitrogens with one attached hydrogen (secondary N) is 1. The fraction of sp³-hybridized carbons (Fsp3) is 0.333. The third-order valence-electron chi connectivity index (χ3n) is 3.56. The molecule has 0 saturated carbocycles. The predicted octanol–water partition coefficient (Wildman–Crippen LogP) is 3.22. The molecule has 0 aliphatic carbocycles. The Balaban J connectivity index is 1.85. The maximum atomic E-state index is 11.8. The van der Waals surface area contributed by atoms with Crippen molar-refractivity contribution in [1.29, 1.82) is 0 Å². The van der Waals surface area contributed by atoms with Crippen LogP contribution in [0.1, 0.15) is 40.7 Å². The van der Waals surface area contributed by atoms with Crippen molar-refractivity contribution in [3.63, 3.8) is 0 Å². The van der Waals surface area contributed by atoms with Crippen LogP contribution in [-0.4, -0.2) is 34.2 Å². The highest BCUT2D eigenvalue weighted by molar-refractivity contribution is 7.12. The van der Waals surface area contributed by atoms with Gasteiger partial charge in [0.2, 0.25) is 0 Å². The van der Waals surface area contributed by atoms with Gasteiger partial charge in [0.25, 0.3) is 11.8 Å². The number of esters is 1. The molecule has 0 unspecified atom stereocenters. The van der Waals surface area contributed by atoms with Crippen LogP contribution < -0.4 is 5.32 Å². The highest BCUT2D eigenvalue weighted by Gasteiger charge is 2.13. The summed E-state index contributed by atoms with van der Waals surface area (Å²) in [5, 5.41) is 8.66. The number of carbonyl (C=O) groups is 3. The van der Waals surface area contributed by atoms with Crippen LogP contribution in [0.15, 0.2) is 23.6 Å². The van der Waals surface area contributed by atoms with Gasteiger partial charge in [-0.3, -0.25) is 19.6 Å². The van der Waals surface area contributed by atoms with E-state index in [0.29, 0.717) is 27.8 Å². The number of ether oxygens (including phenoxy) is 1. The molecule has 0 atom stereocenters. The molecule has 0 aliphatic rings. The summed E-state index contributed by atoms with van der Waals surface area (Å²) in [6, 6.07) is 3.29. The van der Waals surface area contributed by atoms with Crippen LogP contribution in [-0.2, 0) is 20.9 Å². The summed E-state index contributed by atoms with van der Waals surface area (Å²) in [4.78, 5) is 35.6. The van der Waals surface area contributed by atoms with Crippen LogP contribution in [0.4, 0.5) is 0 Å². The Labute approximate surface area is 166 Å². The minimum Gasteiger partial charge on any atom is -0.452 e. The number of carbonyl (C=O) groups excluding carboxylic acids is 3. The zero-order valence-corrected chi connectivity index (χ0v) is 16.6. The van der Waals surface area contributed by atoms with Crippen LogP contribution in [0, 0.1) is 6.92 Å². The molecular weight excluding hydrogens is 390 g/mol. The van der Waals surface area contributed by atoms with Crippen molar-refractivity contribution in [2.75, 3.05) is 6.61 Å². The van der Waals surface area contributed by atoms with E-state index in [4.69, 9.17) is 16.3 Å². The molecule has 0 saturated heterocycles. The first-order valence-electron chi connectivity index (χ1n) is 8.37. The second-order valence-corrected chi connectivity index (χ2v) is 6.97. The van der Waals surface area contributed by atoms with Crippen molar-refractivity contribution in [1.82, 2.24) is 15.1 Å². The zero-order valence-electron chi connectivity index (χ0n) is 15.0. The van der Waals surface area contributed by atoms with E-state index >= 15 is 0 Å². The summed E-state index contributed by atoms with van der Waals surface area (Å²) in [5.41, 5.74) is 1.32. The van der Waals surface area contributed by atoms with Crippen LogP contribution in [0.2, 0.25) is 5.15 Å². The van der Waals surface area contributed by atoms with E-state index in [9.17, 15) is 14.4 Å². The number of thiophene rings is 1. The summed E-state index contributed by atoms with van der Waals surface area (Å²) in [7, 11) is 0. The topological polar surface area (TPSA) is 90.3 Å². The van der Waals surface area contributed by atoms with Gasteiger partial charge in [-0.25, -0.2) is 4.79 Å². The molecule has 1 N–H and O–H groups in total. The molecule has 0 fully saturated rings. The van der Waals surface area contributed by atoms with Gasteiger partial charge in [-0.15, -0.1) is 11.3 Å². The van der Waals surface area contributed by atoms with Crippen LogP contribution in [0.5, 0.6) is 0 Å². The molecule has 0 aliphatic heterocycles. The zero-order chi connectivity index (χ0) is 19.8. The Morgan fingerprint density at radius 1 is 1.41 bits per heavy atom. The van der Waals surface area contributed by atoms with Gasteiger partial charge in [-0.1, -0.05) is 31.0 Å². The molecule has 0 radical (unpaired) electrons. The van der Waals surface area contributed by atoms with Crippen molar-refractivity contribution in [2.45, 2.75) is 33.2 Å². The number of nitrogens with zero attached hydrogens (tertiary/aromatic N) is 2. The quantitative estimate of drug-likeness (QED) is 0.534. The number of aromatic nitrogens is 2. The minimum absolute atomic E-state index is 0.403. The summed E-state index contributed by atoms with van der Waals surface area (Å²) in [5.74, 6) is -1.94. The second kappa shape index (κ2) is 10.0. The molecular formula is C18H20ClN3O4S. The van der Waals surface area contributed by atoms with Crippen LogP contribution in [0.3, 0.4) is 0 Å². The first-order valence-corrected chi connectivity index (χ1v) is 9.63. The number of unbranched alkanes of at least 4 members (excludes halogenated alkanes) is 1. The fourth-order valence-electron chi connectivity index (χ4n) is 2.18. The Hall–Kier alpha value is -2.45. The third kappa shape index (κ3) is 6.04. The molecule has 2 heterocycles. The molecule has 2 aromatic rings. The lowest BCUT2D eigenvalue weighted by molar-refractivity contribution is -0.143. The molecule has 0 bridgehead atoms. The lowest BCUT2D eigenvalue weighted by atomic mass is 10.2. The Morgan fingerprint density at radius 2 is 2.19 bits per heavy atom. The van der Waals surface area contributed by atoms with Gasteiger partial charge in [0.15, 0.2) is 6.61 Å². The van der Waals surface area contributed by atoms with Gasteiger partial charge in [-0.05, 0) is 30.9 Å². The second-order valence-electron chi connectivity index (χ2n) is 5.66. The van der Waals surface area contributed by atoms with E-state index in [1.54, 1.807) is 29.1 Å². The normalized spacial score (nSPS) is 10.9. The molecule has 2 rings (SSSR count). The molecule has 0 spiro atoms. The van der Waals surface area contributed by atoms with Gasteiger partial charge in [-0.2, -0.15) is 5.10 Å². The summed E-state index contributed by atoms with van der Waals surface area (Å²) in [6.45, 7) is 4.02. The minimum atomic E-state index is -0.717. The van der Waals surface area contributed by atoms with E-state index in [-0.39, 0.29) is 0 Å². The molecule has 9 heteroatoms. The van der Waals surface area contributed by atoms with Crippen molar-refractivity contribution >= 4 is 46.8 Å². The van der Waals surface area contributed by atoms with Crippen LogP contribution >= 0.6 is 22.9 Å². The molecule has 2 aromatic heterocycles. The molecule has 7 nitrogen and oxygen atoms in total. The maximum absolute atomic E-state index is 11.8. The average molecular weight is 410 g/mol. The van der Waals surface area contributed by atoms with Crippen molar-refractivity contribution in [3.8, 4) is 0 Å². The molecule has 2 amide bonds. The Bertz CT molecular complexity index is 843. The first kappa shape index (κ1) is 20.9. The highest BCUT2D eigenvalue weighted by atomic mass is 35.5. The summed E-state index contributed by atoms with van der Waals surface area (Å²) < 4.78 is 6.53. The van der Waals surface area contributed by atoms with Gasteiger partial charge in [0, 0.05) is 18.2 Å². The molecule has 144 valence electrons. The SMILES string of the molecule is CCCCn1nc(C)c(/C=C/C(=O)OCC(=O)NC(=O)c2cccs2)c1Cl. The van der Waals surface area contributed by atoms with Gasteiger partial charge in [0.05, 0.1) is 10.6 Å². The standard InChI is InChI=1S/C18H20ClN3O4S/c1-3-4-9-22-17(19)13(12(2)21-22)7-8-16(24)26-11-15(23)20-18(25)14-6-5-10-27-14/h5-8,10H,3-4,9,11H2,1-2H3,(H,20,23,25)/b8-7+. The van der Waals surface area contributed by atoms with Crippen LogP contribution in [0.25, 0.3) is 6.08 Å². The Morgan fingerprint density at radius 3 is 2.85 bits per heavy atom. The van der Waals surface area contributed by atoms with E-state index < -0.39 is 24.4 Å². The number of rotatable bonds is 8. The first-order chi connectivity index (χ1) is 12.9. The van der Waals surface area contributed by atoms with E-state index in [1.807, 2.05) is 0 Å². The third-order valence-corrected chi connectivity index (χ3v) is 4.83. The molecule has 27 heavy (non-hydrogen) atoms. The number of halogens is 1. The highest BCUT2D eigenvalue weighted by Crippen LogP contribution is 2.21.